The van der Waals surface area contributed by atoms with Crippen molar-refractivity contribution < 1.29 is 4.39 Å². The molecule has 0 unspecified atom stereocenters. The number of hydrogen-bond donors (Lipinski definition) is 0. The average Bonchev–Trinajstić information content (AvgIpc) is 2.27. The lowest BCUT2D eigenvalue weighted by molar-refractivity contribution is 0.622. The summed E-state index contributed by atoms with van der Waals surface area (Å²) in [5.41, 5.74) is 8.84. The van der Waals surface area contributed by atoms with Crippen molar-refractivity contribution >= 4 is 0 Å². The van der Waals surface area contributed by atoms with E-state index in [1.54, 1.807) is 6.07 Å². The molecule has 0 atom stereocenters. The zero-order valence-electron chi connectivity index (χ0n) is 8.31. The molecule has 5 heteroatoms. The fraction of sp³-hybridized carbons (Fsp3) is 0.182. The summed E-state index contributed by atoms with van der Waals surface area (Å²) >= 11 is 0. The lowest BCUT2D eigenvalue weighted by atomic mass is 10.1. The van der Waals surface area contributed by atoms with Gasteiger partial charge in [-0.15, -0.1) is 0 Å². The fourth-order valence-corrected chi connectivity index (χ4v) is 1.06. The lowest BCUT2D eigenvalue weighted by Gasteiger charge is -1.97. The van der Waals surface area contributed by atoms with E-state index < -0.39 is 5.82 Å². The number of nitriles is 1. The number of rotatable bonds is 2. The second-order valence-electron chi connectivity index (χ2n) is 2.84. The molecule has 0 saturated heterocycles. The van der Waals surface area contributed by atoms with Crippen LogP contribution in [0.15, 0.2) is 23.3 Å². The molecule has 0 aromatic heterocycles. The van der Waals surface area contributed by atoms with Gasteiger partial charge >= 0.3 is 0 Å². The number of azide groups is 1. The Morgan fingerprint density at radius 2 is 2.31 bits per heavy atom. The van der Waals surface area contributed by atoms with E-state index in [4.69, 9.17) is 10.8 Å². The normalized spacial score (nSPS) is 8.25. The molecular weight excluding hydrogens is 207 g/mol. The summed E-state index contributed by atoms with van der Waals surface area (Å²) < 4.78 is 13.4. The molecule has 0 amide bonds. The van der Waals surface area contributed by atoms with Crippen LogP contribution in [0.3, 0.4) is 0 Å². The van der Waals surface area contributed by atoms with Gasteiger partial charge in [0.15, 0.2) is 0 Å². The van der Waals surface area contributed by atoms with Gasteiger partial charge in [-0.2, -0.15) is 5.26 Å². The highest BCUT2D eigenvalue weighted by Crippen LogP contribution is 2.09. The van der Waals surface area contributed by atoms with Gasteiger partial charge in [0.25, 0.3) is 0 Å². The first kappa shape index (κ1) is 11.6. The van der Waals surface area contributed by atoms with Crippen molar-refractivity contribution in [3.05, 3.63) is 45.6 Å². The molecule has 0 heterocycles. The van der Waals surface area contributed by atoms with E-state index in [1.807, 2.05) is 6.07 Å². The van der Waals surface area contributed by atoms with Crippen LogP contribution in [0.1, 0.15) is 11.1 Å². The molecule has 0 fully saturated rings. The van der Waals surface area contributed by atoms with Gasteiger partial charge in [0, 0.05) is 4.91 Å². The van der Waals surface area contributed by atoms with E-state index in [9.17, 15) is 4.39 Å². The highest BCUT2D eigenvalue weighted by Gasteiger charge is 2.00. The molecule has 0 spiro atoms. The monoisotopic (exact) mass is 214 g/mol. The van der Waals surface area contributed by atoms with Crippen LogP contribution >= 0.6 is 0 Å². The van der Waals surface area contributed by atoms with Crippen molar-refractivity contribution in [1.29, 1.82) is 5.26 Å². The third-order valence-corrected chi connectivity index (χ3v) is 1.75. The fourth-order valence-electron chi connectivity index (χ4n) is 1.06. The third-order valence-electron chi connectivity index (χ3n) is 1.75. The van der Waals surface area contributed by atoms with Gasteiger partial charge in [0.1, 0.15) is 5.82 Å². The van der Waals surface area contributed by atoms with Crippen molar-refractivity contribution in [2.24, 2.45) is 5.11 Å². The molecular formula is C11H7FN4. The molecule has 0 N–H and O–H groups in total. The predicted octanol–water partition coefficient (Wildman–Crippen LogP) is 2.55. The van der Waals surface area contributed by atoms with Crippen LogP contribution in [-0.2, 0) is 6.42 Å². The maximum atomic E-state index is 13.4. The van der Waals surface area contributed by atoms with Crippen molar-refractivity contribution in [3.8, 4) is 17.9 Å². The molecule has 0 radical (unpaired) electrons. The number of nitrogens with zero attached hydrogens (tertiary/aromatic N) is 4. The zero-order chi connectivity index (χ0) is 11.8. The highest BCUT2D eigenvalue weighted by atomic mass is 19.1. The smallest absolute Gasteiger partial charge is 0.139 e. The van der Waals surface area contributed by atoms with Crippen LogP contribution in [-0.4, -0.2) is 6.54 Å². The average molecular weight is 214 g/mol. The summed E-state index contributed by atoms with van der Waals surface area (Å²) in [6.07, 6.45) is 0.170. The Morgan fingerprint density at radius 1 is 1.50 bits per heavy atom. The van der Waals surface area contributed by atoms with Crippen molar-refractivity contribution in [2.45, 2.75) is 6.42 Å². The predicted molar refractivity (Wildman–Crippen MR) is 56.6 cm³/mol. The number of benzene rings is 1. The summed E-state index contributed by atoms with van der Waals surface area (Å²) in [5.74, 6) is 4.59. The van der Waals surface area contributed by atoms with Gasteiger partial charge in [-0.3, -0.25) is 0 Å². The molecule has 16 heavy (non-hydrogen) atoms. The molecule has 0 bridgehead atoms. The summed E-state index contributed by atoms with van der Waals surface area (Å²) in [6, 6.07) is 6.36. The Balaban J connectivity index is 2.86. The summed E-state index contributed by atoms with van der Waals surface area (Å²) in [6.45, 7) is 0.00981. The third kappa shape index (κ3) is 3.34. The maximum absolute atomic E-state index is 13.4. The molecule has 4 nitrogen and oxygen atoms in total. The molecule has 1 aromatic rings. The van der Waals surface area contributed by atoms with Crippen LogP contribution in [0.4, 0.5) is 4.39 Å². The van der Waals surface area contributed by atoms with Crippen LogP contribution in [0, 0.1) is 29.0 Å². The van der Waals surface area contributed by atoms with E-state index in [0.717, 1.165) is 0 Å². The first-order chi connectivity index (χ1) is 7.77. The van der Waals surface area contributed by atoms with E-state index in [0.29, 0.717) is 5.56 Å². The minimum absolute atomic E-state index is 0.00981. The standard InChI is InChI=1S/C11H7FN4/c12-11-8-9(5-6-13)3-4-10(11)2-1-7-15-16-14/h3-4,8H,5,7H2. The van der Waals surface area contributed by atoms with Crippen LogP contribution in [0.2, 0.25) is 0 Å². The minimum atomic E-state index is -0.471. The van der Waals surface area contributed by atoms with Gasteiger partial charge < -0.3 is 0 Å². The van der Waals surface area contributed by atoms with E-state index >= 15 is 0 Å². The first-order valence-corrected chi connectivity index (χ1v) is 4.43. The minimum Gasteiger partial charge on any atom is -0.206 e. The second kappa shape index (κ2) is 6.08. The molecule has 0 saturated carbocycles. The Kier molecular flexibility index (Phi) is 4.40. The van der Waals surface area contributed by atoms with Gasteiger partial charge in [0.05, 0.1) is 24.6 Å². The summed E-state index contributed by atoms with van der Waals surface area (Å²) in [7, 11) is 0. The maximum Gasteiger partial charge on any atom is 0.139 e. The number of hydrogen-bond acceptors (Lipinski definition) is 2. The van der Waals surface area contributed by atoms with Gasteiger partial charge in [-0.25, -0.2) is 4.39 Å². The molecule has 0 aliphatic heterocycles. The molecule has 1 aromatic carbocycles. The first-order valence-electron chi connectivity index (χ1n) is 4.43. The topological polar surface area (TPSA) is 72.5 Å². The van der Waals surface area contributed by atoms with Crippen LogP contribution in [0.25, 0.3) is 10.4 Å². The molecule has 0 aliphatic rings. The van der Waals surface area contributed by atoms with E-state index in [2.05, 4.69) is 21.9 Å². The summed E-state index contributed by atoms with van der Waals surface area (Å²) in [4.78, 5) is 2.52. The second-order valence-corrected chi connectivity index (χ2v) is 2.84. The van der Waals surface area contributed by atoms with Crippen molar-refractivity contribution in [1.82, 2.24) is 0 Å². The highest BCUT2D eigenvalue weighted by molar-refractivity contribution is 5.38. The Labute approximate surface area is 91.9 Å². The number of halogens is 1. The summed E-state index contributed by atoms with van der Waals surface area (Å²) in [5, 5.41) is 11.6. The Bertz CT molecular complexity index is 527. The SMILES string of the molecule is N#CCc1ccc(C#CCN=[N+]=[N-])c(F)c1. The van der Waals surface area contributed by atoms with Gasteiger partial charge in [-0.05, 0) is 23.2 Å². The van der Waals surface area contributed by atoms with Gasteiger partial charge in [0.2, 0.25) is 0 Å². The Hall–Kier alpha value is -2.49. The lowest BCUT2D eigenvalue weighted by Crippen LogP contribution is -1.88. The molecule has 0 aliphatic carbocycles. The van der Waals surface area contributed by atoms with E-state index in [-0.39, 0.29) is 18.5 Å². The van der Waals surface area contributed by atoms with Crippen LogP contribution in [0.5, 0.6) is 0 Å². The molecule has 78 valence electrons. The van der Waals surface area contributed by atoms with Crippen LogP contribution < -0.4 is 0 Å². The zero-order valence-corrected chi connectivity index (χ0v) is 8.31. The van der Waals surface area contributed by atoms with Crippen molar-refractivity contribution in [2.75, 3.05) is 6.54 Å². The Morgan fingerprint density at radius 3 is 2.94 bits per heavy atom. The largest absolute Gasteiger partial charge is 0.206 e. The van der Waals surface area contributed by atoms with Gasteiger partial charge in [-0.1, -0.05) is 23.0 Å². The molecule has 1 rings (SSSR count). The van der Waals surface area contributed by atoms with Crippen molar-refractivity contribution in [3.63, 3.8) is 0 Å². The quantitative estimate of drug-likeness (QED) is 0.322. The van der Waals surface area contributed by atoms with E-state index in [1.165, 1.54) is 12.1 Å².